The molecular formula is C35H37Cl2N3O4S. The molecule has 4 rings (SSSR count). The van der Waals surface area contributed by atoms with Crippen molar-refractivity contribution < 1.29 is 18.0 Å². The first kappa shape index (κ1) is 34.0. The maximum Gasteiger partial charge on any atom is 0.264 e. The number of hydrogen-bond donors (Lipinski definition) is 1. The van der Waals surface area contributed by atoms with Gasteiger partial charge in [0.25, 0.3) is 10.0 Å². The van der Waals surface area contributed by atoms with E-state index in [1.807, 2.05) is 74.5 Å². The zero-order valence-corrected chi connectivity index (χ0v) is 27.7. The van der Waals surface area contributed by atoms with Crippen LogP contribution in [0.2, 0.25) is 10.0 Å². The quantitative estimate of drug-likeness (QED) is 0.146. The average Bonchev–Trinajstić information content (AvgIpc) is 3.04. The molecule has 0 spiro atoms. The maximum atomic E-state index is 14.5. The molecule has 0 aliphatic rings. The number of hydrogen-bond acceptors (Lipinski definition) is 4. The van der Waals surface area contributed by atoms with Crippen LogP contribution in [0.25, 0.3) is 0 Å². The molecule has 0 fully saturated rings. The smallest absolute Gasteiger partial charge is 0.264 e. The summed E-state index contributed by atoms with van der Waals surface area (Å²) in [4.78, 5) is 29.7. The van der Waals surface area contributed by atoms with Crippen LogP contribution in [0.15, 0.2) is 108 Å². The number of amides is 2. The molecule has 2 amide bonds. The number of unbranched alkanes of at least 4 members (excludes halogenated alkanes) is 1. The van der Waals surface area contributed by atoms with Crippen LogP contribution in [-0.4, -0.2) is 44.3 Å². The van der Waals surface area contributed by atoms with Crippen LogP contribution in [0, 0.1) is 6.92 Å². The van der Waals surface area contributed by atoms with Crippen LogP contribution >= 0.6 is 23.2 Å². The molecule has 7 nitrogen and oxygen atoms in total. The molecule has 0 aliphatic carbocycles. The minimum atomic E-state index is -4.29. The highest BCUT2D eigenvalue weighted by Crippen LogP contribution is 2.35. The molecule has 0 aliphatic heterocycles. The molecule has 1 unspecified atom stereocenters. The van der Waals surface area contributed by atoms with Gasteiger partial charge in [0.1, 0.15) is 12.6 Å². The number of halogens is 2. The lowest BCUT2D eigenvalue weighted by Gasteiger charge is -2.34. The summed E-state index contributed by atoms with van der Waals surface area (Å²) >= 11 is 12.9. The van der Waals surface area contributed by atoms with Gasteiger partial charge in [-0.25, -0.2) is 8.42 Å². The SMILES string of the molecule is CCCCNC(=O)C(Cc1ccccc1)N(Cc1ccccc1)C(=O)CN(c1cccc(Cl)c1Cl)S(=O)(=O)c1ccc(C)cc1. The Morgan fingerprint density at radius 3 is 2.07 bits per heavy atom. The predicted molar refractivity (Wildman–Crippen MR) is 181 cm³/mol. The summed E-state index contributed by atoms with van der Waals surface area (Å²) in [6.07, 6.45) is 1.91. The molecule has 1 N–H and O–H groups in total. The summed E-state index contributed by atoms with van der Waals surface area (Å²) in [6.45, 7) is 3.81. The summed E-state index contributed by atoms with van der Waals surface area (Å²) in [7, 11) is -4.29. The van der Waals surface area contributed by atoms with Crippen molar-refractivity contribution in [2.24, 2.45) is 0 Å². The van der Waals surface area contributed by atoms with E-state index in [1.165, 1.54) is 23.1 Å². The molecule has 4 aromatic carbocycles. The van der Waals surface area contributed by atoms with E-state index in [2.05, 4.69) is 5.32 Å². The van der Waals surface area contributed by atoms with Crippen molar-refractivity contribution in [3.05, 3.63) is 130 Å². The van der Waals surface area contributed by atoms with Crippen molar-refractivity contribution in [2.75, 3.05) is 17.4 Å². The molecular weight excluding hydrogens is 629 g/mol. The van der Waals surface area contributed by atoms with Gasteiger partial charge < -0.3 is 10.2 Å². The number of carbonyl (C=O) groups is 2. The maximum absolute atomic E-state index is 14.5. The fraction of sp³-hybridized carbons (Fsp3) is 0.257. The molecule has 236 valence electrons. The number of nitrogens with one attached hydrogen (secondary N) is 1. The van der Waals surface area contributed by atoms with Crippen molar-refractivity contribution in [2.45, 2.75) is 50.6 Å². The van der Waals surface area contributed by atoms with Crippen LogP contribution < -0.4 is 9.62 Å². The lowest BCUT2D eigenvalue weighted by Crippen LogP contribution is -2.53. The minimum absolute atomic E-state index is 0.00425. The molecule has 45 heavy (non-hydrogen) atoms. The van der Waals surface area contributed by atoms with Gasteiger partial charge >= 0.3 is 0 Å². The molecule has 0 saturated heterocycles. The molecule has 0 heterocycles. The largest absolute Gasteiger partial charge is 0.354 e. The van der Waals surface area contributed by atoms with E-state index < -0.39 is 28.5 Å². The number of carbonyl (C=O) groups excluding carboxylic acids is 2. The normalized spacial score (nSPS) is 11.9. The van der Waals surface area contributed by atoms with Gasteiger partial charge in [0, 0.05) is 19.5 Å². The first-order valence-electron chi connectivity index (χ1n) is 14.8. The number of nitrogens with zero attached hydrogens (tertiary/aromatic N) is 2. The van der Waals surface area contributed by atoms with Crippen LogP contribution in [-0.2, 0) is 32.6 Å². The lowest BCUT2D eigenvalue weighted by molar-refractivity contribution is -0.140. The first-order valence-corrected chi connectivity index (χ1v) is 17.0. The molecule has 10 heteroatoms. The monoisotopic (exact) mass is 665 g/mol. The summed E-state index contributed by atoms with van der Waals surface area (Å²) < 4.78 is 29.3. The Balaban J connectivity index is 1.80. The second kappa shape index (κ2) is 15.9. The zero-order chi connectivity index (χ0) is 32.4. The summed E-state index contributed by atoms with van der Waals surface area (Å²) in [5.41, 5.74) is 2.59. The Bertz CT molecular complexity index is 1690. The highest BCUT2D eigenvalue weighted by molar-refractivity contribution is 7.92. The van der Waals surface area contributed by atoms with Crippen molar-refractivity contribution in [3.8, 4) is 0 Å². The summed E-state index contributed by atoms with van der Waals surface area (Å²) in [5.74, 6) is -0.887. The van der Waals surface area contributed by atoms with Gasteiger partial charge in [-0.05, 0) is 48.7 Å². The Hall–Kier alpha value is -3.85. The van der Waals surface area contributed by atoms with Gasteiger partial charge in [-0.15, -0.1) is 0 Å². The molecule has 1 atom stereocenters. The second-order valence-electron chi connectivity index (χ2n) is 10.8. The highest BCUT2D eigenvalue weighted by atomic mass is 35.5. The van der Waals surface area contributed by atoms with Crippen molar-refractivity contribution in [1.29, 1.82) is 0 Å². The van der Waals surface area contributed by atoms with Crippen LogP contribution in [0.1, 0.15) is 36.5 Å². The fourth-order valence-electron chi connectivity index (χ4n) is 4.88. The third-order valence-electron chi connectivity index (χ3n) is 7.38. The van der Waals surface area contributed by atoms with Gasteiger partial charge in [-0.3, -0.25) is 13.9 Å². The molecule has 4 aromatic rings. The van der Waals surface area contributed by atoms with E-state index in [1.54, 1.807) is 24.3 Å². The topological polar surface area (TPSA) is 86.8 Å². The number of benzene rings is 4. The Labute approximate surface area is 275 Å². The minimum Gasteiger partial charge on any atom is -0.354 e. The highest BCUT2D eigenvalue weighted by Gasteiger charge is 2.35. The van der Waals surface area contributed by atoms with Gasteiger partial charge in [0.05, 0.1) is 20.6 Å². The molecule has 0 bridgehead atoms. The van der Waals surface area contributed by atoms with Crippen LogP contribution in [0.4, 0.5) is 5.69 Å². The van der Waals surface area contributed by atoms with Gasteiger partial charge in [0.15, 0.2) is 0 Å². The predicted octanol–water partition coefficient (Wildman–Crippen LogP) is 7.05. The number of anilines is 1. The Morgan fingerprint density at radius 2 is 1.44 bits per heavy atom. The van der Waals surface area contributed by atoms with Crippen LogP contribution in [0.5, 0.6) is 0 Å². The number of rotatable bonds is 14. The fourth-order valence-corrected chi connectivity index (χ4v) is 6.75. The van der Waals surface area contributed by atoms with E-state index in [-0.39, 0.29) is 39.5 Å². The van der Waals surface area contributed by atoms with Gasteiger partial charge in [-0.2, -0.15) is 0 Å². The van der Waals surface area contributed by atoms with Crippen molar-refractivity contribution in [1.82, 2.24) is 10.2 Å². The molecule has 0 saturated carbocycles. The lowest BCUT2D eigenvalue weighted by atomic mass is 10.0. The van der Waals surface area contributed by atoms with E-state index in [4.69, 9.17) is 23.2 Å². The number of aryl methyl sites for hydroxylation is 1. The Kier molecular flexibility index (Phi) is 12.0. The number of sulfonamides is 1. The van der Waals surface area contributed by atoms with Gasteiger partial charge in [0.2, 0.25) is 11.8 Å². The average molecular weight is 667 g/mol. The molecule has 0 aromatic heterocycles. The van der Waals surface area contributed by atoms with Gasteiger partial charge in [-0.1, -0.05) is 121 Å². The molecule has 0 radical (unpaired) electrons. The zero-order valence-electron chi connectivity index (χ0n) is 25.3. The van der Waals surface area contributed by atoms with E-state index in [0.717, 1.165) is 33.8 Å². The van der Waals surface area contributed by atoms with Crippen LogP contribution in [0.3, 0.4) is 0 Å². The van der Waals surface area contributed by atoms with E-state index in [0.29, 0.717) is 6.54 Å². The third kappa shape index (κ3) is 8.87. The van der Waals surface area contributed by atoms with Crippen molar-refractivity contribution in [3.63, 3.8) is 0 Å². The third-order valence-corrected chi connectivity index (χ3v) is 9.97. The standard InChI is InChI=1S/C35H37Cl2N3O4S/c1-3-4-22-38-35(42)32(23-27-12-7-5-8-13-27)39(24-28-14-9-6-10-15-28)33(41)25-40(31-17-11-16-30(36)34(31)37)45(43,44)29-20-18-26(2)19-21-29/h5-21,32H,3-4,22-25H2,1-2H3,(H,38,42). The second-order valence-corrected chi connectivity index (χ2v) is 13.4. The summed E-state index contributed by atoms with van der Waals surface area (Å²) in [5, 5.41) is 3.12. The van der Waals surface area contributed by atoms with E-state index in [9.17, 15) is 18.0 Å². The summed E-state index contributed by atoms with van der Waals surface area (Å²) in [6, 6.07) is 28.8. The van der Waals surface area contributed by atoms with E-state index >= 15 is 0 Å². The first-order chi connectivity index (χ1) is 21.6. The van der Waals surface area contributed by atoms with Crippen molar-refractivity contribution >= 4 is 50.7 Å². The Morgan fingerprint density at radius 1 is 0.822 bits per heavy atom.